The predicted molar refractivity (Wildman–Crippen MR) is 80.1 cm³/mol. The van der Waals surface area contributed by atoms with Crippen LogP contribution in [0, 0.1) is 11.8 Å². The van der Waals surface area contributed by atoms with Gasteiger partial charge in [-0.15, -0.1) is 11.3 Å². The molecule has 114 valence electrons. The average Bonchev–Trinajstić information content (AvgIpc) is 3.03. The molecular weight excluding hydrogens is 290 g/mol. The van der Waals surface area contributed by atoms with Crippen LogP contribution in [0.1, 0.15) is 37.5 Å². The number of thiophene rings is 1. The van der Waals surface area contributed by atoms with E-state index in [1.165, 1.54) is 0 Å². The van der Waals surface area contributed by atoms with E-state index in [9.17, 15) is 4.79 Å². The summed E-state index contributed by atoms with van der Waals surface area (Å²) in [4.78, 5) is 12.4. The fraction of sp³-hybridized carbons (Fsp3) is 0.533. The van der Waals surface area contributed by atoms with E-state index in [0.717, 1.165) is 10.4 Å². The minimum absolute atomic E-state index is 0.247. The molecule has 0 atom stereocenters. The summed E-state index contributed by atoms with van der Waals surface area (Å²) in [6, 6.07) is 1.95. The molecule has 0 bridgehead atoms. The second-order valence-corrected chi connectivity index (χ2v) is 6.41. The molecule has 1 fully saturated rings. The topological polar surface area (TPSA) is 56.8 Å². The van der Waals surface area contributed by atoms with Gasteiger partial charge in [0, 0.05) is 10.9 Å². The first kappa shape index (κ1) is 15.8. The van der Waals surface area contributed by atoms with E-state index in [1.807, 2.05) is 32.2 Å². The van der Waals surface area contributed by atoms with Crippen LogP contribution in [0.4, 0.5) is 4.79 Å². The molecule has 1 aliphatic heterocycles. The van der Waals surface area contributed by atoms with Gasteiger partial charge in [0.1, 0.15) is 5.60 Å². The largest absolute Gasteiger partial charge is 0.444 e. The molecule has 0 radical (unpaired) electrons. The summed E-state index contributed by atoms with van der Waals surface area (Å²) in [5.74, 6) is 5.87. The van der Waals surface area contributed by atoms with E-state index >= 15 is 0 Å². The second kappa shape index (κ2) is 6.94. The summed E-state index contributed by atoms with van der Waals surface area (Å²) in [6.45, 7) is 6.96. The Morgan fingerprint density at radius 1 is 1.48 bits per heavy atom. The molecular formula is C15H19NO4S. The fourth-order valence-corrected chi connectivity index (χ4v) is 2.47. The first-order chi connectivity index (χ1) is 9.94. The molecule has 1 N–H and O–H groups in total. The third kappa shape index (κ3) is 5.38. The van der Waals surface area contributed by atoms with E-state index in [4.69, 9.17) is 14.2 Å². The highest BCUT2D eigenvalue weighted by atomic mass is 32.1. The van der Waals surface area contributed by atoms with Crippen molar-refractivity contribution in [2.24, 2.45) is 0 Å². The normalized spacial score (nSPS) is 15.4. The summed E-state index contributed by atoms with van der Waals surface area (Å²) >= 11 is 1.55. The molecule has 0 aliphatic carbocycles. The van der Waals surface area contributed by atoms with Crippen molar-refractivity contribution in [2.75, 3.05) is 19.8 Å². The fourth-order valence-electron chi connectivity index (χ4n) is 1.64. The van der Waals surface area contributed by atoms with Gasteiger partial charge in [0.2, 0.25) is 0 Å². The molecule has 0 spiro atoms. The number of hydrogen-bond donors (Lipinski definition) is 1. The Kier molecular flexibility index (Phi) is 5.23. The highest BCUT2D eigenvalue weighted by molar-refractivity contribution is 7.10. The first-order valence-electron chi connectivity index (χ1n) is 6.71. The van der Waals surface area contributed by atoms with Gasteiger partial charge in [-0.25, -0.2) is 4.79 Å². The Balaban J connectivity index is 1.79. The zero-order valence-electron chi connectivity index (χ0n) is 12.4. The zero-order chi connectivity index (χ0) is 15.3. The van der Waals surface area contributed by atoms with Gasteiger partial charge in [-0.1, -0.05) is 11.8 Å². The van der Waals surface area contributed by atoms with Crippen molar-refractivity contribution >= 4 is 17.4 Å². The molecule has 2 heterocycles. The molecule has 21 heavy (non-hydrogen) atoms. The lowest BCUT2D eigenvalue weighted by atomic mass is 10.2. The van der Waals surface area contributed by atoms with Crippen LogP contribution in [0.2, 0.25) is 0 Å². The summed E-state index contributed by atoms with van der Waals surface area (Å²) < 4.78 is 16.0. The average molecular weight is 309 g/mol. The lowest BCUT2D eigenvalue weighted by Gasteiger charge is -2.18. The number of amides is 1. The highest BCUT2D eigenvalue weighted by Gasteiger charge is 2.19. The monoisotopic (exact) mass is 309 g/mol. The van der Waals surface area contributed by atoms with Gasteiger partial charge in [0.25, 0.3) is 0 Å². The van der Waals surface area contributed by atoms with Crippen LogP contribution in [-0.2, 0) is 14.2 Å². The molecule has 0 unspecified atom stereocenters. The van der Waals surface area contributed by atoms with Crippen molar-refractivity contribution in [1.82, 2.24) is 5.32 Å². The molecule has 1 aromatic heterocycles. The number of carbonyl (C=O) groups excluding carboxylic acids is 1. The van der Waals surface area contributed by atoms with E-state index in [0.29, 0.717) is 13.2 Å². The third-order valence-corrected chi connectivity index (χ3v) is 3.38. The van der Waals surface area contributed by atoms with Crippen LogP contribution < -0.4 is 5.32 Å². The lowest BCUT2D eigenvalue weighted by Crippen LogP contribution is -2.32. The summed E-state index contributed by atoms with van der Waals surface area (Å²) in [6.07, 6.45) is -0.721. The number of alkyl carbamates (subject to hydrolysis) is 1. The molecule has 6 heteroatoms. The summed E-state index contributed by atoms with van der Waals surface area (Å²) in [7, 11) is 0. The SMILES string of the molecule is CC(C)(C)OC(=O)NCC#Cc1csc(C2OCCO2)c1. The van der Waals surface area contributed by atoms with Crippen molar-refractivity contribution in [3.63, 3.8) is 0 Å². The number of carbonyl (C=O) groups is 1. The van der Waals surface area contributed by atoms with E-state index in [-0.39, 0.29) is 12.8 Å². The van der Waals surface area contributed by atoms with Crippen molar-refractivity contribution in [3.8, 4) is 11.8 Å². The van der Waals surface area contributed by atoms with E-state index in [2.05, 4.69) is 17.2 Å². The smallest absolute Gasteiger partial charge is 0.408 e. The van der Waals surface area contributed by atoms with Gasteiger partial charge in [-0.3, -0.25) is 0 Å². The standard InChI is InChI=1S/C15H19NO4S/c1-15(2,3)20-14(17)16-6-4-5-11-9-12(21-10-11)13-18-7-8-19-13/h9-10,13H,6-8H2,1-3H3,(H,16,17). The number of ether oxygens (including phenoxy) is 3. The van der Waals surface area contributed by atoms with Gasteiger partial charge < -0.3 is 19.5 Å². The van der Waals surface area contributed by atoms with Crippen molar-refractivity contribution < 1.29 is 19.0 Å². The van der Waals surface area contributed by atoms with Crippen LogP contribution in [-0.4, -0.2) is 31.5 Å². The van der Waals surface area contributed by atoms with Gasteiger partial charge in [0.05, 0.1) is 24.6 Å². The molecule has 1 saturated heterocycles. The Labute approximate surface area is 128 Å². The van der Waals surface area contributed by atoms with Gasteiger partial charge in [-0.2, -0.15) is 0 Å². The molecule has 0 saturated carbocycles. The van der Waals surface area contributed by atoms with Crippen LogP contribution in [0.3, 0.4) is 0 Å². The minimum atomic E-state index is -0.499. The molecule has 5 nitrogen and oxygen atoms in total. The molecule has 1 amide bonds. The quantitative estimate of drug-likeness (QED) is 0.853. The van der Waals surface area contributed by atoms with Gasteiger partial charge in [0.15, 0.2) is 6.29 Å². The molecule has 0 aromatic carbocycles. The van der Waals surface area contributed by atoms with Gasteiger partial charge in [-0.05, 0) is 26.8 Å². The van der Waals surface area contributed by atoms with Crippen molar-refractivity contribution in [2.45, 2.75) is 32.7 Å². The third-order valence-electron chi connectivity index (χ3n) is 2.43. The maximum atomic E-state index is 11.4. The molecule has 1 aromatic rings. The Morgan fingerprint density at radius 2 is 2.19 bits per heavy atom. The minimum Gasteiger partial charge on any atom is -0.444 e. The number of hydrogen-bond acceptors (Lipinski definition) is 5. The Hall–Kier alpha value is -1.55. The van der Waals surface area contributed by atoms with Crippen molar-refractivity contribution in [3.05, 3.63) is 21.9 Å². The zero-order valence-corrected chi connectivity index (χ0v) is 13.2. The van der Waals surface area contributed by atoms with Crippen LogP contribution in [0.15, 0.2) is 11.4 Å². The van der Waals surface area contributed by atoms with Gasteiger partial charge >= 0.3 is 6.09 Å². The first-order valence-corrected chi connectivity index (χ1v) is 7.59. The summed E-state index contributed by atoms with van der Waals surface area (Å²) in [5.41, 5.74) is 0.390. The second-order valence-electron chi connectivity index (χ2n) is 5.47. The summed E-state index contributed by atoms with van der Waals surface area (Å²) in [5, 5.41) is 4.54. The highest BCUT2D eigenvalue weighted by Crippen LogP contribution is 2.28. The Morgan fingerprint density at radius 3 is 2.86 bits per heavy atom. The van der Waals surface area contributed by atoms with Crippen LogP contribution in [0.5, 0.6) is 0 Å². The number of nitrogens with one attached hydrogen (secondary N) is 1. The van der Waals surface area contributed by atoms with Crippen LogP contribution >= 0.6 is 11.3 Å². The van der Waals surface area contributed by atoms with Crippen molar-refractivity contribution in [1.29, 1.82) is 0 Å². The molecule has 2 rings (SSSR count). The maximum absolute atomic E-state index is 11.4. The van der Waals surface area contributed by atoms with E-state index in [1.54, 1.807) is 11.3 Å². The van der Waals surface area contributed by atoms with E-state index < -0.39 is 11.7 Å². The number of rotatable bonds is 2. The lowest BCUT2D eigenvalue weighted by molar-refractivity contribution is -0.0413. The maximum Gasteiger partial charge on any atom is 0.408 e. The predicted octanol–water partition coefficient (Wildman–Crippen LogP) is 2.67. The molecule has 1 aliphatic rings. The van der Waals surface area contributed by atoms with Crippen LogP contribution in [0.25, 0.3) is 0 Å². The Bertz CT molecular complexity index is 544.